The second kappa shape index (κ2) is 6.60. The number of aromatic amines is 1. The molecule has 1 heterocycles. The van der Waals surface area contributed by atoms with E-state index in [2.05, 4.69) is 5.10 Å². The van der Waals surface area contributed by atoms with Gasteiger partial charge in [-0.25, -0.2) is 4.68 Å². The maximum atomic E-state index is 13.3. The van der Waals surface area contributed by atoms with E-state index in [1.807, 2.05) is 78.9 Å². The fourth-order valence-corrected chi connectivity index (χ4v) is 3.87. The lowest BCUT2D eigenvalue weighted by Crippen LogP contribution is -2.21. The summed E-state index contributed by atoms with van der Waals surface area (Å²) in [7, 11) is 0. The summed E-state index contributed by atoms with van der Waals surface area (Å²) in [6.07, 6.45) is 0. The number of nitrogens with zero attached hydrogens (tertiary/aromatic N) is 1. The molecule has 0 aliphatic heterocycles. The third-order valence-corrected chi connectivity index (χ3v) is 5.32. The van der Waals surface area contributed by atoms with Gasteiger partial charge in [-0.2, -0.15) is 0 Å². The highest BCUT2D eigenvalue weighted by molar-refractivity contribution is 6.16. The SMILES string of the molecule is Cc1[nH]n(-c2ccc3ccccc3c2)c(=O)c1C(=O)c1cccc2ccccc12. The number of aromatic nitrogens is 2. The lowest BCUT2D eigenvalue weighted by Gasteiger charge is -2.05. The Hall–Kier alpha value is -3.92. The van der Waals surface area contributed by atoms with Crippen LogP contribution in [0.3, 0.4) is 0 Å². The van der Waals surface area contributed by atoms with Crippen molar-refractivity contribution in [3.8, 4) is 5.69 Å². The summed E-state index contributed by atoms with van der Waals surface area (Å²) < 4.78 is 1.44. The van der Waals surface area contributed by atoms with E-state index in [0.717, 1.165) is 21.5 Å². The minimum Gasteiger partial charge on any atom is -0.295 e. The number of carbonyl (C=O) groups is 1. The van der Waals surface area contributed by atoms with Gasteiger partial charge in [0.05, 0.1) is 5.69 Å². The minimum absolute atomic E-state index is 0.175. The third kappa shape index (κ3) is 2.77. The van der Waals surface area contributed by atoms with Gasteiger partial charge in [0.1, 0.15) is 5.56 Å². The second-order valence-corrected chi connectivity index (χ2v) is 7.14. The number of carbonyl (C=O) groups excluding carboxylic acids is 1. The van der Waals surface area contributed by atoms with Crippen LogP contribution in [-0.4, -0.2) is 15.6 Å². The van der Waals surface area contributed by atoms with Crippen molar-refractivity contribution in [2.45, 2.75) is 6.92 Å². The zero-order chi connectivity index (χ0) is 20.0. The topological polar surface area (TPSA) is 54.9 Å². The molecule has 0 amide bonds. The van der Waals surface area contributed by atoms with E-state index in [1.54, 1.807) is 13.0 Å². The Labute approximate surface area is 167 Å². The summed E-state index contributed by atoms with van der Waals surface area (Å²) in [5, 5.41) is 7.02. The van der Waals surface area contributed by atoms with E-state index >= 15 is 0 Å². The van der Waals surface area contributed by atoms with Gasteiger partial charge in [0.15, 0.2) is 0 Å². The number of fused-ring (bicyclic) bond motifs is 2. The third-order valence-electron chi connectivity index (χ3n) is 5.32. The zero-order valence-corrected chi connectivity index (χ0v) is 15.8. The first-order chi connectivity index (χ1) is 14.1. The summed E-state index contributed by atoms with van der Waals surface area (Å²) in [6.45, 7) is 1.76. The number of benzene rings is 4. The number of hydrogen-bond acceptors (Lipinski definition) is 2. The Balaban J connectivity index is 1.66. The molecule has 1 aromatic heterocycles. The van der Waals surface area contributed by atoms with Crippen molar-refractivity contribution in [2.75, 3.05) is 0 Å². The Morgan fingerprint density at radius 1 is 0.793 bits per heavy atom. The molecule has 140 valence electrons. The van der Waals surface area contributed by atoms with Gasteiger partial charge in [-0.1, -0.05) is 72.8 Å². The molecule has 0 spiro atoms. The predicted molar refractivity (Wildman–Crippen MR) is 116 cm³/mol. The van der Waals surface area contributed by atoms with Gasteiger partial charge in [-0.15, -0.1) is 0 Å². The van der Waals surface area contributed by atoms with E-state index in [0.29, 0.717) is 16.9 Å². The van der Waals surface area contributed by atoms with Gasteiger partial charge in [-0.3, -0.25) is 14.7 Å². The van der Waals surface area contributed by atoms with Gasteiger partial charge in [0.2, 0.25) is 5.78 Å². The Morgan fingerprint density at radius 3 is 2.31 bits per heavy atom. The molecule has 1 N–H and O–H groups in total. The number of nitrogens with one attached hydrogen (secondary N) is 1. The van der Waals surface area contributed by atoms with E-state index in [-0.39, 0.29) is 16.9 Å². The number of rotatable bonds is 3. The van der Waals surface area contributed by atoms with Gasteiger partial charge < -0.3 is 0 Å². The largest absolute Gasteiger partial charge is 0.295 e. The van der Waals surface area contributed by atoms with E-state index in [1.165, 1.54) is 4.68 Å². The van der Waals surface area contributed by atoms with E-state index < -0.39 is 0 Å². The van der Waals surface area contributed by atoms with Crippen LogP contribution in [-0.2, 0) is 0 Å². The molecule has 4 nitrogen and oxygen atoms in total. The number of aryl methyl sites for hydroxylation is 1. The van der Waals surface area contributed by atoms with Crippen molar-refractivity contribution in [3.63, 3.8) is 0 Å². The molecular weight excluding hydrogens is 360 g/mol. The molecule has 29 heavy (non-hydrogen) atoms. The summed E-state index contributed by atoms with van der Waals surface area (Å²) in [4.78, 5) is 26.5. The smallest absolute Gasteiger partial charge is 0.282 e. The fourth-order valence-electron chi connectivity index (χ4n) is 3.87. The Morgan fingerprint density at radius 2 is 1.48 bits per heavy atom. The first-order valence-corrected chi connectivity index (χ1v) is 9.47. The van der Waals surface area contributed by atoms with Crippen molar-refractivity contribution in [1.82, 2.24) is 9.78 Å². The number of hydrogen-bond donors (Lipinski definition) is 1. The quantitative estimate of drug-likeness (QED) is 0.449. The van der Waals surface area contributed by atoms with Crippen LogP contribution in [0.1, 0.15) is 21.6 Å². The molecule has 0 saturated carbocycles. The minimum atomic E-state index is -0.337. The maximum Gasteiger partial charge on any atom is 0.282 e. The molecule has 4 aromatic carbocycles. The summed E-state index contributed by atoms with van der Waals surface area (Å²) >= 11 is 0. The van der Waals surface area contributed by atoms with Crippen LogP contribution < -0.4 is 5.56 Å². The normalized spacial score (nSPS) is 11.2. The predicted octanol–water partition coefficient (Wildman–Crippen LogP) is 5.01. The van der Waals surface area contributed by atoms with Gasteiger partial charge >= 0.3 is 0 Å². The first-order valence-electron chi connectivity index (χ1n) is 9.47. The molecule has 0 aliphatic carbocycles. The lowest BCUT2D eigenvalue weighted by molar-refractivity contribution is 0.103. The zero-order valence-electron chi connectivity index (χ0n) is 15.8. The van der Waals surface area contributed by atoms with Crippen molar-refractivity contribution < 1.29 is 4.79 Å². The van der Waals surface area contributed by atoms with Crippen LogP contribution in [0.2, 0.25) is 0 Å². The summed E-state index contributed by atoms with van der Waals surface area (Å²) in [5.41, 5.74) is 1.63. The number of ketones is 1. The molecule has 0 radical (unpaired) electrons. The molecule has 0 unspecified atom stereocenters. The molecule has 5 rings (SSSR count). The van der Waals surface area contributed by atoms with Crippen LogP contribution >= 0.6 is 0 Å². The van der Waals surface area contributed by atoms with Gasteiger partial charge in [0, 0.05) is 11.3 Å². The average Bonchev–Trinajstić information content (AvgIpc) is 3.06. The molecular formula is C25H18N2O2. The van der Waals surface area contributed by atoms with Crippen LogP contribution in [0.15, 0.2) is 89.7 Å². The van der Waals surface area contributed by atoms with Gasteiger partial charge in [0.25, 0.3) is 5.56 Å². The molecule has 0 aliphatic rings. The molecule has 0 atom stereocenters. The second-order valence-electron chi connectivity index (χ2n) is 7.14. The summed E-state index contributed by atoms with van der Waals surface area (Å²) in [6, 6.07) is 27.1. The van der Waals surface area contributed by atoms with Crippen molar-refractivity contribution in [3.05, 3.63) is 112 Å². The highest BCUT2D eigenvalue weighted by Gasteiger charge is 2.22. The molecule has 0 fully saturated rings. The van der Waals surface area contributed by atoms with E-state index in [4.69, 9.17) is 0 Å². The Bertz CT molecular complexity index is 1450. The van der Waals surface area contributed by atoms with Crippen LogP contribution in [0, 0.1) is 6.92 Å². The number of H-pyrrole nitrogens is 1. The fraction of sp³-hybridized carbons (Fsp3) is 0.0400. The summed E-state index contributed by atoms with van der Waals surface area (Å²) in [5.74, 6) is -0.264. The molecule has 5 aromatic rings. The monoisotopic (exact) mass is 378 g/mol. The van der Waals surface area contributed by atoms with Crippen molar-refractivity contribution >= 4 is 27.3 Å². The van der Waals surface area contributed by atoms with Crippen molar-refractivity contribution in [2.24, 2.45) is 0 Å². The van der Waals surface area contributed by atoms with Crippen LogP contribution in [0.5, 0.6) is 0 Å². The highest BCUT2D eigenvalue weighted by Crippen LogP contribution is 2.22. The first kappa shape index (κ1) is 17.2. The lowest BCUT2D eigenvalue weighted by atomic mass is 9.97. The molecule has 4 heteroatoms. The molecule has 0 saturated heterocycles. The van der Waals surface area contributed by atoms with Gasteiger partial charge in [-0.05, 0) is 40.6 Å². The Kier molecular flexibility index (Phi) is 3.91. The average molecular weight is 378 g/mol. The van der Waals surface area contributed by atoms with Crippen LogP contribution in [0.4, 0.5) is 0 Å². The van der Waals surface area contributed by atoms with Crippen LogP contribution in [0.25, 0.3) is 27.2 Å². The molecule has 0 bridgehead atoms. The van der Waals surface area contributed by atoms with Crippen molar-refractivity contribution in [1.29, 1.82) is 0 Å². The standard InChI is InChI=1S/C25H18N2O2/c1-16-23(24(28)22-12-6-10-18-8-4-5-11-21(18)22)25(29)27(26-16)20-14-13-17-7-2-3-9-19(17)15-20/h2-15,26H,1H3. The van der Waals surface area contributed by atoms with E-state index in [9.17, 15) is 9.59 Å². The maximum absolute atomic E-state index is 13.3. The highest BCUT2D eigenvalue weighted by atomic mass is 16.2.